The maximum absolute atomic E-state index is 13.5. The summed E-state index contributed by atoms with van der Waals surface area (Å²) in [6.07, 6.45) is 1.54. The zero-order valence-corrected chi connectivity index (χ0v) is 13.9. The number of aromatic nitrogens is 1. The van der Waals surface area contributed by atoms with Gasteiger partial charge in [0.25, 0.3) is 5.91 Å². The summed E-state index contributed by atoms with van der Waals surface area (Å²) in [5.41, 5.74) is 2.13. The highest BCUT2D eigenvalue weighted by atomic mass is 35.5. The number of hydrogen-bond donors (Lipinski definition) is 2. The van der Waals surface area contributed by atoms with Gasteiger partial charge in [0.15, 0.2) is 0 Å². The first-order valence-electron chi connectivity index (χ1n) is 7.63. The van der Waals surface area contributed by atoms with E-state index in [1.807, 2.05) is 18.2 Å². The summed E-state index contributed by atoms with van der Waals surface area (Å²) in [6.45, 7) is 0.104. The molecule has 0 saturated carbocycles. The Hall–Kier alpha value is -2.92. The molecular formula is C19H15ClFN3O. The van der Waals surface area contributed by atoms with Crippen molar-refractivity contribution in [2.45, 2.75) is 6.54 Å². The molecule has 3 rings (SSSR count). The summed E-state index contributed by atoms with van der Waals surface area (Å²) in [4.78, 5) is 16.2. The van der Waals surface area contributed by atoms with Crippen LogP contribution in [0.3, 0.4) is 0 Å². The normalized spacial score (nSPS) is 10.3. The first-order chi connectivity index (χ1) is 12.1. The lowest BCUT2D eigenvalue weighted by Crippen LogP contribution is -2.24. The lowest BCUT2D eigenvalue weighted by molar-refractivity contribution is 0.0945. The molecule has 0 unspecified atom stereocenters. The first kappa shape index (κ1) is 16.9. The molecule has 6 heteroatoms. The molecule has 0 aliphatic carbocycles. The Balaban J connectivity index is 1.63. The lowest BCUT2D eigenvalue weighted by atomic mass is 10.2. The molecule has 2 aromatic carbocycles. The van der Waals surface area contributed by atoms with Crippen molar-refractivity contribution in [2.75, 3.05) is 5.32 Å². The Kier molecular flexibility index (Phi) is 5.26. The first-order valence-corrected chi connectivity index (χ1v) is 8.00. The van der Waals surface area contributed by atoms with Crippen LogP contribution in [0.5, 0.6) is 0 Å². The highest BCUT2D eigenvalue weighted by molar-refractivity contribution is 6.33. The number of nitrogens with zero attached hydrogens (tertiary/aromatic N) is 1. The van der Waals surface area contributed by atoms with Crippen molar-refractivity contribution >= 4 is 28.9 Å². The van der Waals surface area contributed by atoms with Crippen LogP contribution < -0.4 is 10.6 Å². The number of carbonyl (C=O) groups excluding carboxylic acids is 1. The van der Waals surface area contributed by atoms with Gasteiger partial charge in [0.2, 0.25) is 0 Å². The third-order valence-corrected chi connectivity index (χ3v) is 3.88. The molecule has 4 nitrogen and oxygen atoms in total. The minimum Gasteiger partial charge on any atom is -0.353 e. The number of nitrogens with one attached hydrogen (secondary N) is 2. The number of hydrogen-bond acceptors (Lipinski definition) is 3. The van der Waals surface area contributed by atoms with E-state index in [1.54, 1.807) is 42.6 Å². The van der Waals surface area contributed by atoms with E-state index in [9.17, 15) is 9.18 Å². The Morgan fingerprint density at radius 3 is 2.52 bits per heavy atom. The molecular weight excluding hydrogens is 341 g/mol. The molecule has 0 aliphatic heterocycles. The number of anilines is 2. The summed E-state index contributed by atoms with van der Waals surface area (Å²) in [5.74, 6) is -0.720. The van der Waals surface area contributed by atoms with Crippen LogP contribution >= 0.6 is 11.6 Å². The molecule has 3 aromatic rings. The number of pyridine rings is 1. The SMILES string of the molecule is O=C(NCc1ccccc1F)c1ccc(Nc2ccccc2Cl)cn1. The number of halogens is 2. The monoisotopic (exact) mass is 355 g/mol. The topological polar surface area (TPSA) is 54.0 Å². The van der Waals surface area contributed by atoms with Crippen LogP contribution in [0.15, 0.2) is 66.9 Å². The Morgan fingerprint density at radius 1 is 1.04 bits per heavy atom. The van der Waals surface area contributed by atoms with E-state index in [0.717, 1.165) is 5.69 Å². The van der Waals surface area contributed by atoms with E-state index >= 15 is 0 Å². The van der Waals surface area contributed by atoms with Gasteiger partial charge in [0.1, 0.15) is 11.5 Å². The largest absolute Gasteiger partial charge is 0.353 e. The van der Waals surface area contributed by atoms with Crippen molar-refractivity contribution in [2.24, 2.45) is 0 Å². The maximum Gasteiger partial charge on any atom is 0.270 e. The van der Waals surface area contributed by atoms with Gasteiger partial charge in [-0.25, -0.2) is 9.37 Å². The van der Waals surface area contributed by atoms with Gasteiger partial charge >= 0.3 is 0 Å². The Labute approximate surface area is 149 Å². The zero-order chi connectivity index (χ0) is 17.6. The quantitative estimate of drug-likeness (QED) is 0.706. The molecule has 126 valence electrons. The molecule has 0 atom stereocenters. The van der Waals surface area contributed by atoms with Gasteiger partial charge in [-0.15, -0.1) is 0 Å². The summed E-state index contributed by atoms with van der Waals surface area (Å²) in [5, 5.41) is 6.37. The van der Waals surface area contributed by atoms with Crippen LogP contribution in [0, 0.1) is 5.82 Å². The van der Waals surface area contributed by atoms with Crippen molar-refractivity contribution in [1.82, 2.24) is 10.3 Å². The van der Waals surface area contributed by atoms with Crippen LogP contribution in [0.4, 0.5) is 15.8 Å². The average Bonchev–Trinajstić information content (AvgIpc) is 2.63. The van der Waals surface area contributed by atoms with Crippen molar-refractivity contribution < 1.29 is 9.18 Å². The van der Waals surface area contributed by atoms with Crippen molar-refractivity contribution in [3.63, 3.8) is 0 Å². The van der Waals surface area contributed by atoms with Crippen LogP contribution in [0.2, 0.25) is 5.02 Å². The van der Waals surface area contributed by atoms with Crippen molar-refractivity contribution in [1.29, 1.82) is 0 Å². The molecule has 0 aliphatic rings. The third-order valence-electron chi connectivity index (χ3n) is 3.55. The molecule has 25 heavy (non-hydrogen) atoms. The van der Waals surface area contributed by atoms with Gasteiger partial charge in [-0.3, -0.25) is 4.79 Å². The Morgan fingerprint density at radius 2 is 1.80 bits per heavy atom. The van der Waals surface area contributed by atoms with Crippen LogP contribution in [-0.2, 0) is 6.54 Å². The molecule has 0 radical (unpaired) electrons. The second-order valence-corrected chi connectivity index (χ2v) is 5.72. The zero-order valence-electron chi connectivity index (χ0n) is 13.2. The van der Waals surface area contributed by atoms with E-state index in [-0.39, 0.29) is 24.0 Å². The molecule has 2 N–H and O–H groups in total. The predicted octanol–water partition coefficient (Wildman–Crippen LogP) is 4.55. The summed E-state index contributed by atoms with van der Waals surface area (Å²) < 4.78 is 13.5. The minimum absolute atomic E-state index is 0.104. The third kappa shape index (κ3) is 4.33. The van der Waals surface area contributed by atoms with Crippen molar-refractivity contribution in [3.05, 3.63) is 89.0 Å². The second-order valence-electron chi connectivity index (χ2n) is 5.31. The molecule has 0 saturated heterocycles. The fourth-order valence-corrected chi connectivity index (χ4v) is 2.41. The minimum atomic E-state index is -0.368. The van der Waals surface area contributed by atoms with E-state index in [2.05, 4.69) is 15.6 Å². The predicted molar refractivity (Wildman–Crippen MR) is 96.5 cm³/mol. The number of amides is 1. The van der Waals surface area contributed by atoms with E-state index in [4.69, 9.17) is 11.6 Å². The molecule has 1 amide bonds. The van der Waals surface area contributed by atoms with Crippen LogP contribution in [0.25, 0.3) is 0 Å². The van der Waals surface area contributed by atoms with Gasteiger partial charge < -0.3 is 10.6 Å². The number of rotatable bonds is 5. The smallest absolute Gasteiger partial charge is 0.270 e. The highest BCUT2D eigenvalue weighted by Crippen LogP contribution is 2.24. The van der Waals surface area contributed by atoms with Crippen LogP contribution in [0.1, 0.15) is 16.1 Å². The molecule has 0 spiro atoms. The standard InChI is InChI=1S/C19H15ClFN3O/c20-15-6-2-4-8-17(15)24-14-9-10-18(22-12-14)19(25)23-11-13-5-1-3-7-16(13)21/h1-10,12,24H,11H2,(H,23,25). The van der Waals surface area contributed by atoms with Gasteiger partial charge in [0.05, 0.1) is 22.6 Å². The second kappa shape index (κ2) is 7.77. The van der Waals surface area contributed by atoms with E-state index in [0.29, 0.717) is 16.3 Å². The van der Waals surface area contributed by atoms with Gasteiger partial charge in [-0.05, 0) is 30.3 Å². The number of benzene rings is 2. The van der Waals surface area contributed by atoms with Gasteiger partial charge in [-0.1, -0.05) is 41.9 Å². The average molecular weight is 356 g/mol. The summed E-state index contributed by atoms with van der Waals surface area (Å²) in [7, 11) is 0. The van der Waals surface area contributed by atoms with Crippen molar-refractivity contribution in [3.8, 4) is 0 Å². The van der Waals surface area contributed by atoms with Crippen LogP contribution in [-0.4, -0.2) is 10.9 Å². The Bertz CT molecular complexity index is 884. The summed E-state index contributed by atoms with van der Waals surface area (Å²) in [6, 6.07) is 17.0. The van der Waals surface area contributed by atoms with E-state index < -0.39 is 0 Å². The summed E-state index contributed by atoms with van der Waals surface area (Å²) >= 11 is 6.09. The lowest BCUT2D eigenvalue weighted by Gasteiger charge is -2.09. The molecule has 0 fully saturated rings. The maximum atomic E-state index is 13.5. The van der Waals surface area contributed by atoms with Gasteiger partial charge in [0, 0.05) is 12.1 Å². The fourth-order valence-electron chi connectivity index (χ4n) is 2.23. The molecule has 1 heterocycles. The fraction of sp³-hybridized carbons (Fsp3) is 0.0526. The van der Waals surface area contributed by atoms with Gasteiger partial charge in [-0.2, -0.15) is 0 Å². The molecule has 0 bridgehead atoms. The number of para-hydroxylation sites is 1. The van der Waals surface area contributed by atoms with E-state index in [1.165, 1.54) is 6.07 Å². The molecule has 1 aromatic heterocycles. The number of carbonyl (C=O) groups is 1. The highest BCUT2D eigenvalue weighted by Gasteiger charge is 2.09.